The van der Waals surface area contributed by atoms with Gasteiger partial charge in [-0.05, 0) is 19.9 Å². The van der Waals surface area contributed by atoms with Crippen LogP contribution in [0.5, 0.6) is 0 Å². The van der Waals surface area contributed by atoms with Crippen LogP contribution >= 0.6 is 11.3 Å². The molecule has 0 aliphatic carbocycles. The van der Waals surface area contributed by atoms with Crippen LogP contribution in [0, 0.1) is 6.92 Å². The van der Waals surface area contributed by atoms with Gasteiger partial charge in [0.2, 0.25) is 0 Å². The van der Waals surface area contributed by atoms with Crippen LogP contribution in [0.1, 0.15) is 43.7 Å². The minimum absolute atomic E-state index is 0.190. The molecule has 23 heavy (non-hydrogen) atoms. The molecule has 0 aliphatic heterocycles. The summed E-state index contributed by atoms with van der Waals surface area (Å²) in [6.07, 6.45) is 1.42. The van der Waals surface area contributed by atoms with Crippen molar-refractivity contribution in [2.75, 3.05) is 0 Å². The monoisotopic (exact) mass is 330 g/mol. The summed E-state index contributed by atoms with van der Waals surface area (Å²) in [6, 6.07) is 6.88. The zero-order valence-corrected chi connectivity index (χ0v) is 13.3. The number of nitrogens with one attached hydrogen (secondary N) is 1. The van der Waals surface area contributed by atoms with Gasteiger partial charge < -0.3 is 14.8 Å². The average Bonchev–Trinajstić information content (AvgIpc) is 3.10. The number of para-hydroxylation sites is 1. The van der Waals surface area contributed by atoms with Gasteiger partial charge in [0.1, 0.15) is 21.7 Å². The quantitative estimate of drug-likeness (QED) is 0.765. The number of carboxylic acid groups (broad SMARTS) is 1. The second kappa shape index (κ2) is 5.85. The number of carbonyl (C=O) groups is 2. The molecule has 118 valence electrons. The maximum Gasteiger partial charge on any atom is 0.347 e. The van der Waals surface area contributed by atoms with Crippen molar-refractivity contribution in [3.63, 3.8) is 0 Å². The lowest BCUT2D eigenvalue weighted by atomic mass is 10.1. The van der Waals surface area contributed by atoms with E-state index in [1.54, 1.807) is 19.9 Å². The molecule has 2 heterocycles. The normalized spacial score (nSPS) is 12.3. The lowest BCUT2D eigenvalue weighted by Gasteiger charge is -2.10. The van der Waals surface area contributed by atoms with E-state index in [9.17, 15) is 9.59 Å². The first-order chi connectivity index (χ1) is 11.0. The number of nitrogens with zero attached hydrogens (tertiary/aromatic N) is 1. The van der Waals surface area contributed by atoms with Crippen LogP contribution in [0.3, 0.4) is 0 Å². The predicted molar refractivity (Wildman–Crippen MR) is 85.9 cm³/mol. The van der Waals surface area contributed by atoms with Crippen LogP contribution in [-0.2, 0) is 0 Å². The minimum Gasteiger partial charge on any atom is -0.477 e. The van der Waals surface area contributed by atoms with Crippen molar-refractivity contribution in [2.45, 2.75) is 19.9 Å². The largest absolute Gasteiger partial charge is 0.477 e. The molecule has 1 amide bonds. The molecule has 0 radical (unpaired) electrons. The third-order valence-electron chi connectivity index (χ3n) is 3.45. The summed E-state index contributed by atoms with van der Waals surface area (Å²) in [6.45, 7) is 3.41. The van der Waals surface area contributed by atoms with Gasteiger partial charge in [0.05, 0.1) is 17.3 Å². The number of carbonyl (C=O) groups excluding carboxylic acids is 1. The van der Waals surface area contributed by atoms with Gasteiger partial charge in [-0.2, -0.15) is 0 Å². The molecule has 0 saturated carbocycles. The lowest BCUT2D eigenvalue weighted by Crippen LogP contribution is -2.26. The fraction of sp³-hybridized carbons (Fsp3) is 0.188. The molecule has 6 nitrogen and oxygen atoms in total. The molecule has 0 spiro atoms. The number of rotatable bonds is 4. The number of carboxylic acids is 1. The summed E-state index contributed by atoms with van der Waals surface area (Å²) in [5.74, 6) is -1.29. The first-order valence-corrected chi connectivity index (χ1v) is 7.76. The summed E-state index contributed by atoms with van der Waals surface area (Å²) < 4.78 is 5.36. The van der Waals surface area contributed by atoms with Gasteiger partial charge in [-0.3, -0.25) is 4.79 Å². The van der Waals surface area contributed by atoms with Crippen LogP contribution in [0.4, 0.5) is 0 Å². The van der Waals surface area contributed by atoms with Crippen molar-refractivity contribution in [3.8, 4) is 0 Å². The fourth-order valence-corrected chi connectivity index (χ4v) is 3.20. The first kappa shape index (κ1) is 15.2. The van der Waals surface area contributed by atoms with Crippen LogP contribution in [0.2, 0.25) is 0 Å². The number of benzene rings is 1. The molecule has 1 unspecified atom stereocenters. The zero-order chi connectivity index (χ0) is 16.6. The molecule has 3 rings (SSSR count). The molecular formula is C16H14N2O4S. The predicted octanol–water partition coefficient (Wildman–Crippen LogP) is 3.39. The first-order valence-electron chi connectivity index (χ1n) is 6.95. The zero-order valence-electron chi connectivity index (χ0n) is 12.5. The Balaban J connectivity index is 1.82. The second-order valence-electron chi connectivity index (χ2n) is 5.11. The molecule has 0 fully saturated rings. The Hall–Kier alpha value is -2.67. The van der Waals surface area contributed by atoms with Crippen molar-refractivity contribution in [1.29, 1.82) is 0 Å². The standard InChI is InChI=1S/C16H14N2O4S/c1-8-13(16(20)21)23-15(18-8)9(2)17-14(19)11-7-22-12-6-4-3-5-10(11)12/h3-7,9H,1-2H3,(H,17,19)(H,20,21). The average molecular weight is 330 g/mol. The highest BCUT2D eigenvalue weighted by Crippen LogP contribution is 2.25. The highest BCUT2D eigenvalue weighted by atomic mass is 32.1. The molecule has 2 N–H and O–H groups in total. The van der Waals surface area contributed by atoms with Gasteiger partial charge in [0.25, 0.3) is 5.91 Å². The van der Waals surface area contributed by atoms with Crippen molar-refractivity contribution in [2.24, 2.45) is 0 Å². The number of thiazole rings is 1. The molecule has 0 aliphatic rings. The van der Waals surface area contributed by atoms with Gasteiger partial charge in [-0.1, -0.05) is 18.2 Å². The number of amides is 1. The number of fused-ring (bicyclic) bond motifs is 1. The maximum atomic E-state index is 12.4. The van der Waals surface area contributed by atoms with E-state index in [1.807, 2.05) is 18.2 Å². The highest BCUT2D eigenvalue weighted by molar-refractivity contribution is 7.13. The Bertz CT molecular complexity index is 897. The van der Waals surface area contributed by atoms with Crippen LogP contribution in [0.15, 0.2) is 34.9 Å². The number of aryl methyl sites for hydroxylation is 1. The van der Waals surface area contributed by atoms with Crippen LogP contribution in [-0.4, -0.2) is 22.0 Å². The van der Waals surface area contributed by atoms with E-state index in [1.165, 1.54) is 6.26 Å². The summed E-state index contributed by atoms with van der Waals surface area (Å²) in [7, 11) is 0. The van der Waals surface area contributed by atoms with Crippen LogP contribution < -0.4 is 5.32 Å². The van der Waals surface area contributed by atoms with E-state index >= 15 is 0 Å². The Morgan fingerprint density at radius 3 is 2.78 bits per heavy atom. The van der Waals surface area contributed by atoms with Gasteiger partial charge >= 0.3 is 5.97 Å². The number of aromatic carboxylic acids is 1. The number of hydrogen-bond acceptors (Lipinski definition) is 5. The fourth-order valence-electron chi connectivity index (χ4n) is 2.29. The highest BCUT2D eigenvalue weighted by Gasteiger charge is 2.21. The van der Waals surface area contributed by atoms with Crippen molar-refractivity contribution in [1.82, 2.24) is 10.3 Å². The second-order valence-corrected chi connectivity index (χ2v) is 6.14. The Kier molecular flexibility index (Phi) is 3.87. The van der Waals surface area contributed by atoms with E-state index in [2.05, 4.69) is 10.3 Å². The maximum absolute atomic E-state index is 12.4. The smallest absolute Gasteiger partial charge is 0.347 e. The van der Waals surface area contributed by atoms with Gasteiger partial charge in [0, 0.05) is 5.39 Å². The summed E-state index contributed by atoms with van der Waals surface area (Å²) in [5, 5.41) is 13.2. The molecule has 7 heteroatoms. The van der Waals surface area contributed by atoms with Crippen molar-refractivity contribution in [3.05, 3.63) is 51.7 Å². The Morgan fingerprint density at radius 1 is 1.35 bits per heavy atom. The minimum atomic E-state index is -1.01. The SMILES string of the molecule is Cc1nc(C(C)NC(=O)c2coc3ccccc23)sc1C(=O)O. The van der Waals surface area contributed by atoms with Gasteiger partial charge in [0.15, 0.2) is 0 Å². The summed E-state index contributed by atoms with van der Waals surface area (Å²) in [4.78, 5) is 27.9. The van der Waals surface area contributed by atoms with Gasteiger partial charge in [-0.15, -0.1) is 11.3 Å². The molecular weight excluding hydrogens is 316 g/mol. The summed E-state index contributed by atoms with van der Waals surface area (Å²) in [5.41, 5.74) is 1.54. The number of hydrogen-bond donors (Lipinski definition) is 2. The molecule has 3 aromatic rings. The molecule has 1 aromatic carbocycles. The molecule has 0 bridgehead atoms. The van der Waals surface area contributed by atoms with Crippen LogP contribution in [0.25, 0.3) is 11.0 Å². The van der Waals surface area contributed by atoms with E-state index in [-0.39, 0.29) is 10.8 Å². The van der Waals surface area contributed by atoms with E-state index in [0.29, 0.717) is 21.8 Å². The van der Waals surface area contributed by atoms with Crippen molar-refractivity contribution < 1.29 is 19.1 Å². The molecule has 0 saturated heterocycles. The van der Waals surface area contributed by atoms with Crippen molar-refractivity contribution >= 4 is 34.2 Å². The molecule has 2 aromatic heterocycles. The summed E-state index contributed by atoms with van der Waals surface area (Å²) >= 11 is 1.07. The third kappa shape index (κ3) is 2.83. The number of aromatic nitrogens is 1. The molecule has 1 atom stereocenters. The topological polar surface area (TPSA) is 92.4 Å². The Morgan fingerprint density at radius 2 is 2.09 bits per heavy atom. The van der Waals surface area contributed by atoms with E-state index < -0.39 is 12.0 Å². The number of furan rings is 1. The van der Waals surface area contributed by atoms with E-state index in [4.69, 9.17) is 9.52 Å². The van der Waals surface area contributed by atoms with Gasteiger partial charge in [-0.25, -0.2) is 9.78 Å². The van der Waals surface area contributed by atoms with E-state index in [0.717, 1.165) is 16.7 Å². The third-order valence-corrected chi connectivity index (χ3v) is 4.78. The Labute approximate surface area is 135 Å². The lowest BCUT2D eigenvalue weighted by molar-refractivity contribution is 0.0701.